The first-order chi connectivity index (χ1) is 13.6. The van der Waals surface area contributed by atoms with E-state index in [-0.39, 0.29) is 6.10 Å². The average Bonchev–Trinajstić information content (AvgIpc) is 2.66. The Bertz CT molecular complexity index is 619. The molecule has 1 atom stereocenters. The average molecular weight is 462 g/mol. The predicted octanol–water partition coefficient (Wildman–Crippen LogP) is 9.58. The van der Waals surface area contributed by atoms with Crippen molar-refractivity contribution in [3.8, 4) is 0 Å². The minimum absolute atomic E-state index is 0.137. The van der Waals surface area contributed by atoms with Gasteiger partial charge in [-0.1, -0.05) is 70.7 Å². The summed E-state index contributed by atoms with van der Waals surface area (Å²) in [6.07, 6.45) is 8.40. The van der Waals surface area contributed by atoms with Gasteiger partial charge in [0, 0.05) is 5.56 Å². The van der Waals surface area contributed by atoms with Gasteiger partial charge in [-0.25, -0.2) is 4.39 Å². The largest absolute Gasteiger partial charge is 0.410 e. The van der Waals surface area contributed by atoms with Crippen LogP contribution < -0.4 is 0 Å². The summed E-state index contributed by atoms with van der Waals surface area (Å²) >= 11 is 12.9. The van der Waals surface area contributed by atoms with Crippen molar-refractivity contribution in [1.29, 1.82) is 0 Å². The second-order valence-electron chi connectivity index (χ2n) is 9.67. The summed E-state index contributed by atoms with van der Waals surface area (Å²) in [6, 6.07) is 5.96. The van der Waals surface area contributed by atoms with Gasteiger partial charge < -0.3 is 4.43 Å². The monoisotopic (exact) mass is 460 g/mol. The highest BCUT2D eigenvalue weighted by Crippen LogP contribution is 2.42. The van der Waals surface area contributed by atoms with Crippen LogP contribution in [0.15, 0.2) is 12.1 Å². The van der Waals surface area contributed by atoms with E-state index in [1.165, 1.54) is 44.2 Å². The number of hydrogen-bond donors (Lipinski definition) is 0. The van der Waals surface area contributed by atoms with E-state index in [1.807, 2.05) is 0 Å². The molecule has 5 heteroatoms. The standard InChI is InChI=1S/C24H39Cl2FOSi/c1-6-29(7-2,8-3)28-22(23-20(25)16-19(27)17-21(23)26)11-9-10-18-12-14-24(4,5)15-13-18/h16-18,22H,6-15H2,1-5H3. The fourth-order valence-corrected chi connectivity index (χ4v) is 8.31. The molecule has 1 aromatic rings. The van der Waals surface area contributed by atoms with Gasteiger partial charge in [0.2, 0.25) is 0 Å². The molecule has 1 unspecified atom stereocenters. The van der Waals surface area contributed by atoms with Gasteiger partial charge in [-0.05, 0) is 73.7 Å². The second kappa shape index (κ2) is 11.0. The molecular weight excluding hydrogens is 422 g/mol. The maximum Gasteiger partial charge on any atom is 0.192 e. The summed E-state index contributed by atoms with van der Waals surface area (Å²) in [5.41, 5.74) is 1.29. The van der Waals surface area contributed by atoms with E-state index in [0.29, 0.717) is 15.5 Å². The van der Waals surface area contributed by atoms with E-state index in [2.05, 4.69) is 34.6 Å². The zero-order valence-corrected chi connectivity index (χ0v) is 21.4. The van der Waals surface area contributed by atoms with Crippen LogP contribution in [-0.2, 0) is 4.43 Å². The lowest BCUT2D eigenvalue weighted by atomic mass is 9.72. The highest BCUT2D eigenvalue weighted by molar-refractivity contribution is 6.73. The lowest BCUT2D eigenvalue weighted by molar-refractivity contribution is 0.157. The van der Waals surface area contributed by atoms with E-state index < -0.39 is 14.1 Å². The zero-order chi connectivity index (χ0) is 21.7. The van der Waals surface area contributed by atoms with E-state index in [9.17, 15) is 4.39 Å². The topological polar surface area (TPSA) is 9.23 Å². The molecule has 1 aliphatic rings. The third-order valence-electron chi connectivity index (χ3n) is 7.23. The summed E-state index contributed by atoms with van der Waals surface area (Å²) in [4.78, 5) is 0. The first-order valence-corrected chi connectivity index (χ1v) is 14.8. The molecule has 1 nitrogen and oxygen atoms in total. The first-order valence-electron chi connectivity index (χ1n) is 11.5. The van der Waals surface area contributed by atoms with Crippen LogP contribution in [0.5, 0.6) is 0 Å². The molecule has 2 rings (SSSR count). The Labute approximate surface area is 188 Å². The molecule has 0 aliphatic heterocycles. The molecule has 0 spiro atoms. The van der Waals surface area contributed by atoms with Crippen molar-refractivity contribution < 1.29 is 8.82 Å². The van der Waals surface area contributed by atoms with Crippen molar-refractivity contribution in [2.45, 2.75) is 104 Å². The zero-order valence-electron chi connectivity index (χ0n) is 18.9. The lowest BCUT2D eigenvalue weighted by Gasteiger charge is -2.36. The van der Waals surface area contributed by atoms with Crippen molar-refractivity contribution in [2.24, 2.45) is 11.3 Å². The maximum atomic E-state index is 13.8. The highest BCUT2D eigenvalue weighted by Gasteiger charge is 2.34. The van der Waals surface area contributed by atoms with E-state index in [4.69, 9.17) is 27.6 Å². The van der Waals surface area contributed by atoms with Crippen LogP contribution in [-0.4, -0.2) is 8.32 Å². The summed E-state index contributed by atoms with van der Waals surface area (Å²) in [5.74, 6) is 0.422. The molecule has 0 bridgehead atoms. The van der Waals surface area contributed by atoms with Crippen LogP contribution in [0, 0.1) is 17.2 Å². The molecule has 1 fully saturated rings. The Balaban J connectivity index is 2.13. The molecule has 0 radical (unpaired) electrons. The maximum absolute atomic E-state index is 13.8. The minimum atomic E-state index is -1.84. The Hall–Kier alpha value is -0.0931. The second-order valence-corrected chi connectivity index (χ2v) is 15.2. The van der Waals surface area contributed by atoms with Gasteiger partial charge in [-0.2, -0.15) is 0 Å². The quantitative estimate of drug-likeness (QED) is 0.315. The van der Waals surface area contributed by atoms with Crippen molar-refractivity contribution in [3.63, 3.8) is 0 Å². The third-order valence-corrected chi connectivity index (χ3v) is 12.5. The first kappa shape index (κ1) is 25.2. The van der Waals surface area contributed by atoms with Crippen LogP contribution in [0.2, 0.25) is 28.2 Å². The molecule has 29 heavy (non-hydrogen) atoms. The molecule has 1 aromatic carbocycles. The molecule has 0 amide bonds. The number of benzene rings is 1. The number of halogens is 3. The van der Waals surface area contributed by atoms with Crippen molar-refractivity contribution >= 4 is 31.5 Å². The highest BCUT2D eigenvalue weighted by atomic mass is 35.5. The smallest absolute Gasteiger partial charge is 0.192 e. The Kier molecular flexibility index (Phi) is 9.53. The van der Waals surface area contributed by atoms with Crippen molar-refractivity contribution in [1.82, 2.24) is 0 Å². The van der Waals surface area contributed by atoms with E-state index in [0.717, 1.165) is 42.5 Å². The Morgan fingerprint density at radius 1 is 1.07 bits per heavy atom. The number of hydrogen-bond acceptors (Lipinski definition) is 1. The van der Waals surface area contributed by atoms with Gasteiger partial charge >= 0.3 is 0 Å². The lowest BCUT2D eigenvalue weighted by Crippen LogP contribution is -2.37. The van der Waals surface area contributed by atoms with Gasteiger partial charge in [0.15, 0.2) is 8.32 Å². The number of rotatable bonds is 10. The fraction of sp³-hybridized carbons (Fsp3) is 0.750. The van der Waals surface area contributed by atoms with Crippen molar-refractivity contribution in [3.05, 3.63) is 33.6 Å². The molecule has 166 valence electrons. The van der Waals surface area contributed by atoms with Gasteiger partial charge in [0.1, 0.15) is 5.82 Å². The van der Waals surface area contributed by atoms with Gasteiger partial charge in [-0.15, -0.1) is 0 Å². The molecule has 0 heterocycles. The Morgan fingerprint density at radius 2 is 1.59 bits per heavy atom. The summed E-state index contributed by atoms with van der Waals surface area (Å²) in [6.45, 7) is 11.5. The van der Waals surface area contributed by atoms with Crippen LogP contribution in [0.25, 0.3) is 0 Å². The molecule has 0 aromatic heterocycles. The van der Waals surface area contributed by atoms with Gasteiger partial charge in [0.25, 0.3) is 0 Å². The van der Waals surface area contributed by atoms with E-state index in [1.54, 1.807) is 0 Å². The minimum Gasteiger partial charge on any atom is -0.410 e. The predicted molar refractivity (Wildman–Crippen MR) is 127 cm³/mol. The van der Waals surface area contributed by atoms with Crippen molar-refractivity contribution in [2.75, 3.05) is 0 Å². The summed E-state index contributed by atoms with van der Waals surface area (Å²) in [5, 5.41) is 0.788. The van der Waals surface area contributed by atoms with Crippen LogP contribution in [0.3, 0.4) is 0 Å². The van der Waals surface area contributed by atoms with Crippen LogP contribution in [0.1, 0.15) is 91.2 Å². The Morgan fingerprint density at radius 3 is 2.07 bits per heavy atom. The summed E-state index contributed by atoms with van der Waals surface area (Å²) in [7, 11) is -1.84. The molecule has 1 saturated carbocycles. The SMILES string of the molecule is CC[Si](CC)(CC)OC(CCCC1CCC(C)(C)CC1)c1c(Cl)cc(F)cc1Cl. The molecular formula is C24H39Cl2FOSi. The molecule has 0 saturated heterocycles. The van der Waals surface area contributed by atoms with Gasteiger partial charge in [-0.3, -0.25) is 0 Å². The molecule has 0 N–H and O–H groups in total. The van der Waals surface area contributed by atoms with Crippen LogP contribution >= 0.6 is 23.2 Å². The van der Waals surface area contributed by atoms with Crippen LogP contribution in [0.4, 0.5) is 4.39 Å². The summed E-state index contributed by atoms with van der Waals surface area (Å²) < 4.78 is 20.6. The fourth-order valence-electron chi connectivity index (χ4n) is 4.76. The third kappa shape index (κ3) is 6.95. The van der Waals surface area contributed by atoms with Gasteiger partial charge in [0.05, 0.1) is 16.1 Å². The normalized spacial score (nSPS) is 18.8. The van der Waals surface area contributed by atoms with E-state index >= 15 is 0 Å². The molecule has 1 aliphatic carbocycles.